The minimum Gasteiger partial charge on any atom is -0.455 e. The van der Waals surface area contributed by atoms with Crippen molar-refractivity contribution in [2.24, 2.45) is 29.1 Å². The van der Waals surface area contributed by atoms with Crippen molar-refractivity contribution >= 4 is 123 Å². The number of benzene rings is 6. The first kappa shape index (κ1) is 84.2. The molecule has 0 spiro atoms. The van der Waals surface area contributed by atoms with E-state index in [2.05, 4.69) is 127 Å². The van der Waals surface area contributed by atoms with Gasteiger partial charge in [0.25, 0.3) is 0 Å². The number of Topliss-reactive ketones (excluding diaryl/α,β-unsaturated/α-hetero) is 2. The first-order valence-electron chi connectivity index (χ1n) is 36.5. The van der Waals surface area contributed by atoms with Crippen LogP contribution in [0.4, 0.5) is 55.3 Å². The van der Waals surface area contributed by atoms with E-state index in [4.69, 9.17) is 18.9 Å². The number of ketones is 2. The Balaban J connectivity index is 0.000000123. The molecule has 12 nitrogen and oxygen atoms in total. The van der Waals surface area contributed by atoms with E-state index in [0.717, 1.165) is 124 Å². The van der Waals surface area contributed by atoms with Gasteiger partial charge in [-0.25, -0.2) is 16.8 Å². The number of sulfonamides is 2. The van der Waals surface area contributed by atoms with E-state index in [-0.39, 0.29) is 24.2 Å². The van der Waals surface area contributed by atoms with Gasteiger partial charge >= 0.3 is 28.3 Å². The number of rotatable bonds is 11. The van der Waals surface area contributed by atoms with Crippen LogP contribution >= 0.6 is 47.0 Å². The minimum atomic E-state index is -6.60. The van der Waals surface area contributed by atoms with Gasteiger partial charge in [-0.05, 0) is 154 Å². The summed E-state index contributed by atoms with van der Waals surface area (Å²) in [5.74, 6) is -2.93. The number of hydrogen-bond acceptors (Lipinski definition) is 15. The average molecular weight is 1690 g/mol. The molecular formula is C78H88F10N2O10S9+2. The van der Waals surface area contributed by atoms with Crippen LogP contribution in [-0.4, -0.2) is 137 Å². The molecule has 7 aliphatic heterocycles. The molecular weight excluding hydrogens is 1600 g/mol. The molecule has 31 heteroatoms. The summed E-state index contributed by atoms with van der Waals surface area (Å²) in [5.41, 5.74) is 2.94. The van der Waals surface area contributed by atoms with Crippen molar-refractivity contribution in [1.29, 1.82) is 0 Å². The Morgan fingerprint density at radius 3 is 1.41 bits per heavy atom. The maximum Gasteiger partial charge on any atom is 0.399 e. The Hall–Kier alpha value is -4.25. The van der Waals surface area contributed by atoms with E-state index in [9.17, 15) is 70.3 Å². The second kappa shape index (κ2) is 35.5. The quantitative estimate of drug-likeness (QED) is 0.0889. The maximum absolute atomic E-state index is 12.9. The summed E-state index contributed by atoms with van der Waals surface area (Å²) < 4.78 is 190. The van der Waals surface area contributed by atoms with E-state index >= 15 is 0 Å². The molecule has 12 aliphatic rings. The van der Waals surface area contributed by atoms with Crippen molar-refractivity contribution in [3.8, 4) is 11.5 Å². The fraction of sp³-hybridized carbons (Fsp3) is 0.513. The summed E-state index contributed by atoms with van der Waals surface area (Å²) in [7, 11) is -12.1. The average Bonchev–Trinajstić information content (AvgIpc) is 0.693. The monoisotopic (exact) mass is 1690 g/mol. The fourth-order valence-corrected chi connectivity index (χ4v) is 28.7. The molecule has 5 aliphatic carbocycles. The van der Waals surface area contributed by atoms with Gasteiger partial charge in [-0.3, -0.25) is 9.59 Å². The third-order valence-corrected chi connectivity index (χ3v) is 35.8. The predicted molar refractivity (Wildman–Crippen MR) is 415 cm³/mol. The standard InChI is InChI=1S/C18H20NOS2.C16H15O2S2.C16H15OS3.C15H22F2O.C10H16F2O.C3F6NO4S2/c1-2-19-15-5-3-4-6-17(15)21-18-13-14(7-8-16(18)19)22-11-9-20-10-12-22;1-2-4-15-13(3-1)18-14-6-5-12(11-16(14)19-15)20-9-7-17-8-10-20;1-2-4-14-13(3-1)18-15-6-5-12(11-16(15)19-14)20-9-7-17-8-10-20;1-14(16,17)13(18)2-3-15-7-10-4-11(8-15)6-12(5-10)9-15;1-10(11,12)9(13)7-8-5-3-2-4-6-8;4-1(5)2(6,7)15(11,12)10-16(13,14)3(1,8)9/h3-8,13H,2,9-12H2,1H3;2*1-6,11H,7-10H2;10-12H,2-9H2,1H3;8H,2-7H2,1H3;/q3*+1;;;-1. The first-order valence-corrected chi connectivity index (χ1v) is 47.4. The summed E-state index contributed by atoms with van der Waals surface area (Å²) in [4.78, 5) is 40.1. The molecule has 0 N–H and O–H groups in total. The molecule has 4 saturated heterocycles. The van der Waals surface area contributed by atoms with Crippen molar-refractivity contribution in [2.45, 2.75) is 193 Å². The van der Waals surface area contributed by atoms with E-state index in [0.29, 0.717) is 46.0 Å². The highest BCUT2D eigenvalue weighted by molar-refractivity contribution is 8.14. The van der Waals surface area contributed by atoms with Gasteiger partial charge in [-0.1, -0.05) is 116 Å². The zero-order valence-electron chi connectivity index (χ0n) is 60.5. The number of nitrogens with zero attached hydrogens (tertiary/aromatic N) is 2. The molecule has 0 atom stereocenters. The van der Waals surface area contributed by atoms with Crippen LogP contribution in [-0.2, 0) is 76.5 Å². The molecule has 4 bridgehead atoms. The summed E-state index contributed by atoms with van der Waals surface area (Å²) in [6.07, 6.45) is 13.8. The summed E-state index contributed by atoms with van der Waals surface area (Å²) in [6, 6.07) is 46.4. The predicted octanol–water partition coefficient (Wildman–Crippen LogP) is 20.8. The highest BCUT2D eigenvalue weighted by Crippen LogP contribution is 2.62. The van der Waals surface area contributed by atoms with Gasteiger partial charge < -0.3 is 28.0 Å². The fourth-order valence-electron chi connectivity index (χ4n) is 15.7. The van der Waals surface area contributed by atoms with Gasteiger partial charge in [0.2, 0.25) is 11.6 Å². The highest BCUT2D eigenvalue weighted by atomic mass is 32.3. The molecule has 592 valence electrons. The maximum atomic E-state index is 12.9. The van der Waals surface area contributed by atoms with Crippen molar-refractivity contribution in [3.05, 3.63) is 132 Å². The molecule has 9 fully saturated rings. The number of alkyl halides is 10. The van der Waals surface area contributed by atoms with Crippen LogP contribution in [0.3, 0.4) is 0 Å². The molecule has 7 heterocycles. The Bertz CT molecular complexity index is 4240. The Morgan fingerprint density at radius 2 is 0.899 bits per heavy atom. The third-order valence-electron chi connectivity index (χ3n) is 21.0. The second-order valence-corrected chi connectivity index (χ2v) is 43.6. The number of para-hydroxylation sites is 2. The number of hydrogen-bond donors (Lipinski definition) is 0. The van der Waals surface area contributed by atoms with Crippen LogP contribution < -0.4 is 9.64 Å². The number of ether oxygens (including phenoxy) is 4. The number of fused-ring (bicyclic) bond motifs is 6. The highest BCUT2D eigenvalue weighted by Gasteiger charge is 2.81. The molecule has 6 aromatic carbocycles. The van der Waals surface area contributed by atoms with E-state index in [1.165, 1.54) is 133 Å². The van der Waals surface area contributed by atoms with Crippen LogP contribution in [0.5, 0.6) is 11.5 Å². The zero-order valence-corrected chi connectivity index (χ0v) is 67.8. The van der Waals surface area contributed by atoms with Crippen LogP contribution in [0.15, 0.2) is 181 Å². The van der Waals surface area contributed by atoms with E-state index in [1.54, 1.807) is 0 Å². The first-order chi connectivity index (χ1) is 51.7. The van der Waals surface area contributed by atoms with Crippen molar-refractivity contribution in [1.82, 2.24) is 0 Å². The lowest BCUT2D eigenvalue weighted by Crippen LogP contribution is -2.64. The third kappa shape index (κ3) is 19.8. The molecule has 0 radical (unpaired) electrons. The molecule has 18 rings (SSSR count). The number of halogens is 10. The van der Waals surface area contributed by atoms with Crippen LogP contribution in [0.25, 0.3) is 4.13 Å². The normalized spacial score (nSPS) is 24.6. The molecule has 109 heavy (non-hydrogen) atoms. The topological polar surface area (TPSA) is 157 Å². The second-order valence-electron chi connectivity index (χ2n) is 28.9. The molecule has 0 amide bonds. The van der Waals surface area contributed by atoms with E-state index < -0.39 is 59.9 Å². The van der Waals surface area contributed by atoms with Gasteiger partial charge in [0, 0.05) is 113 Å². The lowest BCUT2D eigenvalue weighted by atomic mass is 9.48. The van der Waals surface area contributed by atoms with Crippen LogP contribution in [0, 0.1) is 29.1 Å². The molecule has 6 aromatic rings. The lowest BCUT2D eigenvalue weighted by molar-refractivity contribution is -0.244. The number of carbonyl (C=O) groups is 2. The Morgan fingerprint density at radius 1 is 0.495 bits per heavy atom. The van der Waals surface area contributed by atoms with Gasteiger partial charge in [0.15, 0.2) is 34.7 Å². The van der Waals surface area contributed by atoms with E-state index in [1.807, 2.05) is 59.2 Å². The van der Waals surface area contributed by atoms with Gasteiger partial charge in [-0.2, -0.15) is 43.9 Å². The smallest absolute Gasteiger partial charge is 0.399 e. The largest absolute Gasteiger partial charge is 0.455 e. The van der Waals surface area contributed by atoms with Crippen molar-refractivity contribution in [3.63, 3.8) is 0 Å². The van der Waals surface area contributed by atoms with Crippen LogP contribution in [0.2, 0.25) is 0 Å². The van der Waals surface area contributed by atoms with Crippen molar-refractivity contribution < 1.29 is 89.3 Å². The summed E-state index contributed by atoms with van der Waals surface area (Å²) in [5, 5.41) is -12.6. The Kier molecular flexibility index (Phi) is 27.4. The summed E-state index contributed by atoms with van der Waals surface area (Å²) in [6.45, 7) is 10.1. The number of carbonyl (C=O) groups excluding carboxylic acids is 2. The number of anilines is 2. The van der Waals surface area contributed by atoms with Gasteiger partial charge in [0.1, 0.15) is 46.0 Å². The van der Waals surface area contributed by atoms with Gasteiger partial charge in [-0.15, -0.1) is 0 Å². The van der Waals surface area contributed by atoms with Gasteiger partial charge in [0.05, 0.1) is 60.8 Å². The molecule has 5 saturated carbocycles. The lowest BCUT2D eigenvalue weighted by Gasteiger charge is -2.57. The van der Waals surface area contributed by atoms with Crippen LogP contribution in [0.1, 0.15) is 111 Å². The SMILES string of the molecule is CC(F)(F)C(=O)CC1CCCCC1.CC(F)(F)C(=O)CCC12CC3CC(CC(C3)C1)C2.CCN1c2ccccc2Sc2cc([S+]3CCOCC3)ccc21.O=S1(=O)[N-]S(=O)(=O)C(F)(F)C(F)(F)C1(F)F.c1ccc2c(c1)Oc1ccc([S+]3CCOCC3)cc1S2.c1ccc2c(c1)Sc1ccc([S+]3CCOCC3)cc1S2. The summed E-state index contributed by atoms with van der Waals surface area (Å²) >= 11 is 7.53. The minimum absolute atomic E-state index is 0.0729. The zero-order chi connectivity index (χ0) is 77.7. The Labute approximate surface area is 657 Å². The molecule has 0 aromatic heterocycles. The van der Waals surface area contributed by atoms with Crippen molar-refractivity contribution in [2.75, 3.05) is 85.6 Å². The molecule has 0 unspecified atom stereocenters.